The Morgan fingerprint density at radius 3 is 2.85 bits per heavy atom. The van der Waals surface area contributed by atoms with E-state index in [2.05, 4.69) is 20.6 Å². The molecular formula is C30H33N5O5. The second-order valence-electron chi connectivity index (χ2n) is 10.0. The van der Waals surface area contributed by atoms with Crippen LogP contribution in [0.5, 0.6) is 11.5 Å². The number of nitrogens with zero attached hydrogens (tertiary/aromatic N) is 3. The lowest BCUT2D eigenvalue weighted by molar-refractivity contribution is -0.137. The van der Waals surface area contributed by atoms with Gasteiger partial charge in [0.2, 0.25) is 11.8 Å². The molecular weight excluding hydrogens is 510 g/mol. The number of nitrogens with one attached hydrogen (secondary N) is 2. The van der Waals surface area contributed by atoms with Crippen LogP contribution < -0.4 is 15.4 Å². The molecule has 0 spiro atoms. The number of hydrogen-bond acceptors (Lipinski definition) is 7. The zero-order chi connectivity index (χ0) is 27.7. The molecule has 0 radical (unpaired) electrons. The van der Waals surface area contributed by atoms with Gasteiger partial charge in [0.1, 0.15) is 11.5 Å². The van der Waals surface area contributed by atoms with Gasteiger partial charge in [-0.05, 0) is 54.7 Å². The first-order valence-corrected chi connectivity index (χ1v) is 13.6. The number of aromatic nitrogens is 2. The average Bonchev–Trinajstić information content (AvgIpc) is 2.98. The summed E-state index contributed by atoms with van der Waals surface area (Å²) < 4.78 is 12.3. The van der Waals surface area contributed by atoms with E-state index < -0.39 is 0 Å². The highest BCUT2D eigenvalue weighted by Gasteiger charge is 2.33. The van der Waals surface area contributed by atoms with E-state index in [1.54, 1.807) is 24.7 Å². The minimum absolute atomic E-state index is 0.0428. The van der Waals surface area contributed by atoms with Gasteiger partial charge in [-0.2, -0.15) is 0 Å². The first-order chi connectivity index (χ1) is 19.5. The number of rotatable bonds is 3. The Morgan fingerprint density at radius 1 is 1.05 bits per heavy atom. The average molecular weight is 544 g/mol. The molecule has 10 heteroatoms. The topological polar surface area (TPSA) is 123 Å². The van der Waals surface area contributed by atoms with Crippen molar-refractivity contribution >= 4 is 17.7 Å². The number of hydrogen-bond donors (Lipinski definition) is 2. The number of piperidine rings is 1. The van der Waals surface area contributed by atoms with Crippen LogP contribution in [0.15, 0.2) is 67.3 Å². The molecule has 1 aromatic carbocycles. The third-order valence-electron chi connectivity index (χ3n) is 7.04. The van der Waals surface area contributed by atoms with Gasteiger partial charge in [-0.3, -0.25) is 24.4 Å². The molecule has 10 nitrogen and oxygen atoms in total. The molecule has 3 amide bonds. The van der Waals surface area contributed by atoms with E-state index in [1.165, 1.54) is 6.20 Å². The first kappa shape index (κ1) is 27.3. The zero-order valence-corrected chi connectivity index (χ0v) is 22.3. The van der Waals surface area contributed by atoms with Gasteiger partial charge in [-0.25, -0.2) is 0 Å². The minimum Gasteiger partial charge on any atom is -0.456 e. The Morgan fingerprint density at radius 2 is 1.98 bits per heavy atom. The maximum absolute atomic E-state index is 13.0. The Balaban J connectivity index is 1.28. The second kappa shape index (κ2) is 13.2. The molecule has 2 aromatic heterocycles. The van der Waals surface area contributed by atoms with Crippen molar-refractivity contribution in [1.29, 1.82) is 0 Å². The third-order valence-corrected chi connectivity index (χ3v) is 7.04. The summed E-state index contributed by atoms with van der Waals surface area (Å²) in [5.74, 6) is 0.667. The van der Waals surface area contributed by atoms with Crippen LogP contribution in [0.1, 0.15) is 47.2 Å². The van der Waals surface area contributed by atoms with Crippen LogP contribution in [0.25, 0.3) is 0 Å². The smallest absolute Gasteiger partial charge is 0.252 e. The monoisotopic (exact) mass is 543 g/mol. The number of amides is 3. The summed E-state index contributed by atoms with van der Waals surface area (Å²) in [5.41, 5.74) is 2.29. The largest absolute Gasteiger partial charge is 0.456 e. The normalized spacial score (nSPS) is 20.1. The summed E-state index contributed by atoms with van der Waals surface area (Å²) in [5, 5.41) is 5.92. The fourth-order valence-corrected chi connectivity index (χ4v) is 4.92. The Hall–Kier alpha value is -4.31. The summed E-state index contributed by atoms with van der Waals surface area (Å²) in [6, 6.07) is 12.6. The van der Waals surface area contributed by atoms with E-state index in [4.69, 9.17) is 9.47 Å². The third kappa shape index (κ3) is 7.41. The summed E-state index contributed by atoms with van der Waals surface area (Å²) >= 11 is 0. The molecule has 5 rings (SSSR count). The van der Waals surface area contributed by atoms with Gasteiger partial charge >= 0.3 is 0 Å². The lowest BCUT2D eigenvalue weighted by Gasteiger charge is -2.39. The van der Waals surface area contributed by atoms with Gasteiger partial charge in [0.15, 0.2) is 0 Å². The van der Waals surface area contributed by atoms with Gasteiger partial charge in [0, 0.05) is 51.1 Å². The molecule has 0 saturated carbocycles. The van der Waals surface area contributed by atoms with Crippen molar-refractivity contribution < 1.29 is 23.9 Å². The Labute approximate surface area is 233 Å². The summed E-state index contributed by atoms with van der Waals surface area (Å²) in [6.07, 6.45) is 8.57. The molecule has 0 aliphatic carbocycles. The number of benzene rings is 1. The van der Waals surface area contributed by atoms with Crippen molar-refractivity contribution in [2.75, 3.05) is 19.6 Å². The van der Waals surface area contributed by atoms with Crippen molar-refractivity contribution in [3.05, 3.63) is 83.9 Å². The number of carbonyl (C=O) groups excluding carboxylic acids is 3. The van der Waals surface area contributed by atoms with E-state index >= 15 is 0 Å². The maximum atomic E-state index is 13.0. The van der Waals surface area contributed by atoms with Crippen molar-refractivity contribution in [3.8, 4) is 11.5 Å². The van der Waals surface area contributed by atoms with Crippen molar-refractivity contribution in [2.24, 2.45) is 0 Å². The van der Waals surface area contributed by atoms with E-state index in [1.807, 2.05) is 41.3 Å². The molecule has 40 heavy (non-hydrogen) atoms. The highest BCUT2D eigenvalue weighted by molar-refractivity contribution is 5.94. The molecule has 4 heterocycles. The molecule has 2 aliphatic rings. The van der Waals surface area contributed by atoms with E-state index in [0.29, 0.717) is 69.0 Å². The Kier molecular flexibility index (Phi) is 8.97. The maximum Gasteiger partial charge on any atom is 0.252 e. The predicted octanol–water partition coefficient (Wildman–Crippen LogP) is 3.03. The van der Waals surface area contributed by atoms with Crippen LogP contribution in [-0.4, -0.2) is 64.4 Å². The predicted molar refractivity (Wildman–Crippen MR) is 147 cm³/mol. The molecule has 3 aromatic rings. The molecule has 1 saturated heterocycles. The van der Waals surface area contributed by atoms with Crippen LogP contribution >= 0.6 is 0 Å². The van der Waals surface area contributed by atoms with Gasteiger partial charge in [-0.1, -0.05) is 18.2 Å². The lowest BCUT2D eigenvalue weighted by Crippen LogP contribution is -2.57. The summed E-state index contributed by atoms with van der Waals surface area (Å²) in [4.78, 5) is 48.5. The van der Waals surface area contributed by atoms with Crippen LogP contribution in [0.2, 0.25) is 0 Å². The van der Waals surface area contributed by atoms with E-state index in [0.717, 1.165) is 11.1 Å². The summed E-state index contributed by atoms with van der Waals surface area (Å²) in [7, 11) is 0. The van der Waals surface area contributed by atoms with Gasteiger partial charge in [0.25, 0.3) is 5.91 Å². The number of fused-ring (bicyclic) bond motifs is 5. The minimum atomic E-state index is -0.345. The molecule has 2 N–H and O–H groups in total. The molecule has 1 fully saturated rings. The highest BCUT2D eigenvalue weighted by Crippen LogP contribution is 2.24. The fourth-order valence-electron chi connectivity index (χ4n) is 4.92. The molecule has 208 valence electrons. The fraction of sp³-hybridized carbons (Fsp3) is 0.367. The molecule has 2 atom stereocenters. The zero-order valence-electron chi connectivity index (χ0n) is 22.3. The highest BCUT2D eigenvalue weighted by atomic mass is 16.5. The molecule has 4 bridgehead atoms. The van der Waals surface area contributed by atoms with Crippen LogP contribution in [0.3, 0.4) is 0 Å². The number of carbonyl (C=O) groups is 3. The van der Waals surface area contributed by atoms with Crippen LogP contribution in [0, 0.1) is 0 Å². The van der Waals surface area contributed by atoms with E-state index in [-0.39, 0.29) is 36.3 Å². The van der Waals surface area contributed by atoms with Crippen LogP contribution in [0.4, 0.5) is 0 Å². The van der Waals surface area contributed by atoms with Gasteiger partial charge < -0.3 is 25.0 Å². The van der Waals surface area contributed by atoms with Gasteiger partial charge in [0.05, 0.1) is 30.5 Å². The first-order valence-electron chi connectivity index (χ1n) is 13.6. The van der Waals surface area contributed by atoms with Gasteiger partial charge in [-0.15, -0.1) is 0 Å². The van der Waals surface area contributed by atoms with Crippen molar-refractivity contribution in [1.82, 2.24) is 25.5 Å². The van der Waals surface area contributed by atoms with Crippen LogP contribution in [-0.2, 0) is 27.4 Å². The molecule has 2 aliphatic heterocycles. The number of ether oxygens (including phenoxy) is 2. The number of likely N-dealkylation sites (tertiary alicyclic amines) is 1. The molecule has 0 unspecified atom stereocenters. The number of pyridine rings is 2. The Bertz CT molecular complexity index is 1330. The number of aryl methyl sites for hydroxylation is 1. The summed E-state index contributed by atoms with van der Waals surface area (Å²) in [6.45, 7) is 1.60. The lowest BCUT2D eigenvalue weighted by atomic mass is 10.00. The standard InChI is InChI=1S/C30H33N5O5/c36-28-7-3-12-33-30(38)23-15-25(18-32-17-23)40-24-6-1-4-22(14-24)20-39-27-10-13-35(19-26(27)34-28)29(37)9-8-21-5-2-11-31-16-21/h1-2,4-6,11,14-18,26-27H,3,7-10,12-13,19-20H2,(H,33,38)(H,34,36)/t26-,27-/m0/s1. The van der Waals surface area contributed by atoms with E-state index in [9.17, 15) is 14.4 Å². The SMILES string of the molecule is O=C1CCCNC(=O)c2cncc(c2)Oc2cccc(c2)CO[C@H]2CCN(C(=O)CCc3cccnc3)C[C@@H]2N1. The van der Waals surface area contributed by atoms with Crippen molar-refractivity contribution in [2.45, 2.75) is 50.9 Å². The quantitative estimate of drug-likeness (QED) is 0.521. The second-order valence-corrected chi connectivity index (χ2v) is 10.0. The van der Waals surface area contributed by atoms with Crippen molar-refractivity contribution in [3.63, 3.8) is 0 Å².